The van der Waals surface area contributed by atoms with Gasteiger partial charge in [-0.05, 0) is 110 Å². The number of aldehydes is 1. The second-order valence-electron chi connectivity index (χ2n) is 14.4. The molecule has 34 heavy (non-hydrogen) atoms. The standard InChI is InChI=1S/C30H46O4/c1-17(2)18-10-13-30(25(33)34)15-14-27(5)19(23(18)30)8-9-22-28(27,6)12-11-21-26(3,4)24(32)20(16-31)29(21,22)7/h16,18-24,32H,1,8-15H2,2-7H3,(H,33,34)/t18-,19+,20+,21-,22-,23+,24+,27+,28+,29-,30-/m0/s1. The van der Waals surface area contributed by atoms with Crippen LogP contribution in [0.15, 0.2) is 12.2 Å². The van der Waals surface area contributed by atoms with Gasteiger partial charge >= 0.3 is 5.97 Å². The number of fused-ring (bicyclic) bond motifs is 7. The van der Waals surface area contributed by atoms with Crippen LogP contribution in [0.5, 0.6) is 0 Å². The molecule has 4 heteroatoms. The highest BCUT2D eigenvalue weighted by Gasteiger charge is 2.74. The molecular formula is C30H46O4. The summed E-state index contributed by atoms with van der Waals surface area (Å²) < 4.78 is 0. The summed E-state index contributed by atoms with van der Waals surface area (Å²) in [7, 11) is 0. The zero-order valence-electron chi connectivity index (χ0n) is 22.2. The number of aliphatic carboxylic acids is 1. The molecule has 0 bridgehead atoms. The minimum atomic E-state index is -0.602. The molecule has 0 aliphatic heterocycles. The van der Waals surface area contributed by atoms with Gasteiger partial charge in [0, 0.05) is 5.92 Å². The van der Waals surface area contributed by atoms with Gasteiger partial charge in [-0.3, -0.25) is 4.79 Å². The van der Waals surface area contributed by atoms with Crippen molar-refractivity contribution in [2.24, 2.45) is 62.6 Å². The average Bonchev–Trinajstić information content (AvgIpc) is 3.22. The van der Waals surface area contributed by atoms with Gasteiger partial charge in [0.2, 0.25) is 0 Å². The molecule has 0 saturated heterocycles. The molecule has 5 fully saturated rings. The zero-order chi connectivity index (χ0) is 25.1. The minimum absolute atomic E-state index is 0.0371. The average molecular weight is 471 g/mol. The maximum atomic E-state index is 12.8. The summed E-state index contributed by atoms with van der Waals surface area (Å²) in [5.74, 6) is 0.617. The molecule has 5 saturated carbocycles. The molecular weight excluding hydrogens is 424 g/mol. The number of carboxylic acids is 1. The fraction of sp³-hybridized carbons (Fsp3) is 0.867. The van der Waals surface area contributed by atoms with E-state index in [1.165, 1.54) is 0 Å². The largest absolute Gasteiger partial charge is 0.481 e. The van der Waals surface area contributed by atoms with Gasteiger partial charge in [0.25, 0.3) is 0 Å². The first-order chi connectivity index (χ1) is 15.7. The third kappa shape index (κ3) is 2.55. The van der Waals surface area contributed by atoms with Crippen molar-refractivity contribution in [3.05, 3.63) is 12.2 Å². The Morgan fingerprint density at radius 3 is 2.18 bits per heavy atom. The molecule has 0 heterocycles. The fourth-order valence-electron chi connectivity index (χ4n) is 11.7. The Labute approximate surface area is 206 Å². The molecule has 0 spiro atoms. The van der Waals surface area contributed by atoms with Gasteiger partial charge in [-0.15, -0.1) is 0 Å². The molecule has 2 N–H and O–H groups in total. The molecule has 0 aromatic rings. The number of aliphatic hydroxyl groups excluding tert-OH is 1. The number of rotatable bonds is 3. The summed E-state index contributed by atoms with van der Waals surface area (Å²) in [6.07, 6.45) is 8.13. The van der Waals surface area contributed by atoms with Crippen LogP contribution in [0.25, 0.3) is 0 Å². The Kier molecular flexibility index (Phi) is 5.20. The van der Waals surface area contributed by atoms with E-state index in [9.17, 15) is 19.8 Å². The molecule has 4 nitrogen and oxygen atoms in total. The van der Waals surface area contributed by atoms with Crippen molar-refractivity contribution in [3.63, 3.8) is 0 Å². The van der Waals surface area contributed by atoms with E-state index in [1.54, 1.807) is 0 Å². The molecule has 0 radical (unpaired) electrons. The molecule has 0 aromatic heterocycles. The number of hydrogen-bond donors (Lipinski definition) is 2. The molecule has 0 aromatic carbocycles. The van der Waals surface area contributed by atoms with E-state index in [1.807, 2.05) is 0 Å². The van der Waals surface area contributed by atoms with Crippen LogP contribution in [0, 0.1) is 62.6 Å². The SMILES string of the molecule is C=C(C)[C@@H]1CC[C@]2(C(=O)O)CC[C@]3(C)[C@H](CC[C@@H]4[C@@]5(C)[C@H](C=O)[C@@H](O)C(C)(C)[C@@H]5CC[C@]43C)[C@@H]12. The van der Waals surface area contributed by atoms with Gasteiger partial charge in [0.15, 0.2) is 0 Å². The smallest absolute Gasteiger partial charge is 0.309 e. The zero-order valence-corrected chi connectivity index (χ0v) is 22.2. The number of carboxylic acid groups (broad SMARTS) is 1. The molecule has 0 amide bonds. The monoisotopic (exact) mass is 470 g/mol. The quantitative estimate of drug-likeness (QED) is 0.385. The van der Waals surface area contributed by atoms with Gasteiger partial charge in [-0.25, -0.2) is 0 Å². The predicted molar refractivity (Wildman–Crippen MR) is 133 cm³/mol. The Balaban J connectivity index is 1.61. The lowest BCUT2D eigenvalue weighted by Crippen LogP contribution is -2.65. The lowest BCUT2D eigenvalue weighted by Gasteiger charge is -2.70. The van der Waals surface area contributed by atoms with Crippen LogP contribution < -0.4 is 0 Å². The summed E-state index contributed by atoms with van der Waals surface area (Å²) in [5.41, 5.74) is 0.153. The first-order valence-corrected chi connectivity index (χ1v) is 13.8. The summed E-state index contributed by atoms with van der Waals surface area (Å²) in [4.78, 5) is 25.2. The highest BCUT2D eigenvalue weighted by molar-refractivity contribution is 5.76. The maximum Gasteiger partial charge on any atom is 0.309 e. The summed E-state index contributed by atoms with van der Waals surface area (Å²) in [6.45, 7) is 18.0. The van der Waals surface area contributed by atoms with Crippen LogP contribution in [-0.2, 0) is 9.59 Å². The second kappa shape index (κ2) is 7.20. The fourth-order valence-corrected chi connectivity index (χ4v) is 11.7. The van der Waals surface area contributed by atoms with E-state index in [-0.39, 0.29) is 33.5 Å². The molecule has 0 unspecified atom stereocenters. The topological polar surface area (TPSA) is 74.6 Å². The first kappa shape index (κ1) is 24.5. The van der Waals surface area contributed by atoms with Crippen LogP contribution in [0.4, 0.5) is 0 Å². The van der Waals surface area contributed by atoms with Crippen molar-refractivity contribution >= 4 is 12.3 Å². The molecule has 5 aliphatic rings. The predicted octanol–water partition coefficient (Wildman–Crippen LogP) is 6.12. The third-order valence-electron chi connectivity index (χ3n) is 13.5. The van der Waals surface area contributed by atoms with Gasteiger partial charge in [0.05, 0.1) is 11.5 Å². The van der Waals surface area contributed by atoms with E-state index >= 15 is 0 Å². The highest BCUT2D eigenvalue weighted by Crippen LogP contribution is 2.78. The van der Waals surface area contributed by atoms with Crippen molar-refractivity contribution in [1.29, 1.82) is 0 Å². The van der Waals surface area contributed by atoms with Crippen molar-refractivity contribution in [3.8, 4) is 0 Å². The Morgan fingerprint density at radius 1 is 0.912 bits per heavy atom. The van der Waals surface area contributed by atoms with Crippen LogP contribution in [0.3, 0.4) is 0 Å². The van der Waals surface area contributed by atoms with Crippen LogP contribution in [0.1, 0.15) is 92.9 Å². The van der Waals surface area contributed by atoms with Crippen LogP contribution in [-0.4, -0.2) is 28.6 Å². The van der Waals surface area contributed by atoms with E-state index in [0.717, 1.165) is 63.2 Å². The van der Waals surface area contributed by atoms with Gasteiger partial charge in [0.1, 0.15) is 6.29 Å². The van der Waals surface area contributed by atoms with Crippen molar-refractivity contribution in [1.82, 2.24) is 0 Å². The van der Waals surface area contributed by atoms with Crippen molar-refractivity contribution < 1.29 is 19.8 Å². The number of carbonyl (C=O) groups is 2. The number of carbonyl (C=O) groups excluding carboxylic acids is 1. The van der Waals surface area contributed by atoms with Gasteiger partial charge in [-0.1, -0.05) is 46.8 Å². The summed E-state index contributed by atoms with van der Waals surface area (Å²) >= 11 is 0. The van der Waals surface area contributed by atoms with Crippen LogP contribution in [0.2, 0.25) is 0 Å². The van der Waals surface area contributed by atoms with E-state index in [2.05, 4.69) is 48.1 Å². The molecule has 11 atom stereocenters. The van der Waals surface area contributed by atoms with Gasteiger partial charge < -0.3 is 15.0 Å². The number of aliphatic hydroxyl groups is 1. The normalized spacial score (nSPS) is 55.4. The van der Waals surface area contributed by atoms with Gasteiger partial charge in [-0.2, -0.15) is 0 Å². The van der Waals surface area contributed by atoms with E-state index in [4.69, 9.17) is 0 Å². The molecule has 5 aliphatic carbocycles. The lowest BCUT2D eigenvalue weighted by atomic mass is 9.34. The van der Waals surface area contributed by atoms with E-state index in [0.29, 0.717) is 23.7 Å². The molecule has 5 rings (SSSR count). The number of hydrogen-bond acceptors (Lipinski definition) is 3. The summed E-state index contributed by atoms with van der Waals surface area (Å²) in [6, 6.07) is 0. The minimum Gasteiger partial charge on any atom is -0.481 e. The molecule has 190 valence electrons. The number of allylic oxidation sites excluding steroid dienone is 1. The Hall–Kier alpha value is -1.16. The van der Waals surface area contributed by atoms with E-state index < -0.39 is 17.5 Å². The summed E-state index contributed by atoms with van der Waals surface area (Å²) in [5, 5.41) is 21.8. The Morgan fingerprint density at radius 2 is 1.59 bits per heavy atom. The maximum absolute atomic E-state index is 12.8. The van der Waals surface area contributed by atoms with Crippen LogP contribution >= 0.6 is 0 Å². The van der Waals surface area contributed by atoms with Crippen molar-refractivity contribution in [2.75, 3.05) is 0 Å². The van der Waals surface area contributed by atoms with Crippen molar-refractivity contribution in [2.45, 2.75) is 99.0 Å². The Bertz CT molecular complexity index is 923. The third-order valence-corrected chi connectivity index (χ3v) is 13.5. The second-order valence-corrected chi connectivity index (χ2v) is 14.4. The highest BCUT2D eigenvalue weighted by atomic mass is 16.4. The first-order valence-electron chi connectivity index (χ1n) is 13.8. The lowest BCUT2D eigenvalue weighted by molar-refractivity contribution is -0.225.